The van der Waals surface area contributed by atoms with Crippen molar-refractivity contribution in [2.24, 2.45) is 0 Å². The molecule has 2 heteroatoms. The SMILES string of the molecule is C=C([Se]c1ccccc1)C(OCC)c1cccc2ccccc12. The van der Waals surface area contributed by atoms with Crippen molar-refractivity contribution in [3.05, 3.63) is 89.4 Å². The van der Waals surface area contributed by atoms with Gasteiger partial charge in [-0.2, -0.15) is 0 Å². The van der Waals surface area contributed by atoms with Crippen molar-refractivity contribution < 1.29 is 4.74 Å². The van der Waals surface area contributed by atoms with Crippen LogP contribution in [0.3, 0.4) is 0 Å². The zero-order chi connectivity index (χ0) is 16.1. The van der Waals surface area contributed by atoms with Crippen molar-refractivity contribution in [3.63, 3.8) is 0 Å². The van der Waals surface area contributed by atoms with Crippen LogP contribution in [-0.4, -0.2) is 21.6 Å². The van der Waals surface area contributed by atoms with E-state index in [1.165, 1.54) is 20.8 Å². The summed E-state index contributed by atoms with van der Waals surface area (Å²) in [7, 11) is 0. The Morgan fingerprint density at radius 3 is 2.43 bits per heavy atom. The van der Waals surface area contributed by atoms with Crippen LogP contribution in [0.25, 0.3) is 10.8 Å². The minimum absolute atomic E-state index is 0.0497. The van der Waals surface area contributed by atoms with Crippen LogP contribution in [0.1, 0.15) is 18.6 Å². The predicted octanol–water partition coefficient (Wildman–Crippen LogP) is 4.46. The Morgan fingerprint density at radius 2 is 1.65 bits per heavy atom. The maximum atomic E-state index is 6.09. The van der Waals surface area contributed by atoms with Gasteiger partial charge in [0.15, 0.2) is 0 Å². The average Bonchev–Trinajstić information content (AvgIpc) is 2.60. The van der Waals surface area contributed by atoms with Gasteiger partial charge < -0.3 is 0 Å². The zero-order valence-corrected chi connectivity index (χ0v) is 14.9. The molecule has 0 aromatic heterocycles. The van der Waals surface area contributed by atoms with E-state index in [0.29, 0.717) is 6.61 Å². The first kappa shape index (κ1) is 16.0. The van der Waals surface area contributed by atoms with Gasteiger partial charge in [-0.25, -0.2) is 0 Å². The van der Waals surface area contributed by atoms with Crippen LogP contribution in [0.4, 0.5) is 0 Å². The maximum absolute atomic E-state index is 6.09. The van der Waals surface area contributed by atoms with Crippen molar-refractivity contribution >= 4 is 30.2 Å². The molecule has 3 rings (SSSR count). The zero-order valence-electron chi connectivity index (χ0n) is 13.2. The van der Waals surface area contributed by atoms with Gasteiger partial charge in [-0.05, 0) is 0 Å². The molecule has 3 aromatic rings. The molecule has 3 aromatic carbocycles. The molecule has 0 saturated carbocycles. The predicted molar refractivity (Wildman–Crippen MR) is 99.3 cm³/mol. The molecule has 23 heavy (non-hydrogen) atoms. The van der Waals surface area contributed by atoms with E-state index < -0.39 is 0 Å². The molecule has 1 nitrogen and oxygen atoms in total. The van der Waals surface area contributed by atoms with Gasteiger partial charge in [-0.1, -0.05) is 0 Å². The molecule has 1 unspecified atom stereocenters. The molecule has 0 spiro atoms. The van der Waals surface area contributed by atoms with Crippen molar-refractivity contribution in [2.75, 3.05) is 6.61 Å². The summed E-state index contributed by atoms with van der Waals surface area (Å²) in [6, 6.07) is 25.4. The Balaban J connectivity index is 1.95. The minimum atomic E-state index is -0.0497. The fourth-order valence-electron chi connectivity index (χ4n) is 2.70. The molecule has 0 bridgehead atoms. The van der Waals surface area contributed by atoms with Crippen molar-refractivity contribution in [3.8, 4) is 0 Å². The second kappa shape index (κ2) is 7.61. The molecule has 0 aliphatic carbocycles. The Kier molecular flexibility index (Phi) is 5.30. The van der Waals surface area contributed by atoms with E-state index >= 15 is 0 Å². The molecule has 0 aliphatic rings. The van der Waals surface area contributed by atoms with Crippen LogP contribution in [0.5, 0.6) is 0 Å². The number of benzene rings is 3. The fraction of sp³-hybridized carbons (Fsp3) is 0.143. The van der Waals surface area contributed by atoms with Crippen molar-refractivity contribution in [1.29, 1.82) is 0 Å². The van der Waals surface area contributed by atoms with E-state index in [1.54, 1.807) is 0 Å². The average molecular weight is 367 g/mol. The molecule has 0 heterocycles. The van der Waals surface area contributed by atoms with Crippen molar-refractivity contribution in [1.82, 2.24) is 0 Å². The van der Waals surface area contributed by atoms with Gasteiger partial charge in [0.05, 0.1) is 0 Å². The number of hydrogen-bond donors (Lipinski definition) is 0. The second-order valence-electron chi connectivity index (χ2n) is 5.29. The molecule has 0 aliphatic heterocycles. The molecule has 0 fully saturated rings. The van der Waals surface area contributed by atoms with Crippen LogP contribution < -0.4 is 4.46 Å². The summed E-state index contributed by atoms with van der Waals surface area (Å²) in [5.41, 5.74) is 1.22. The third-order valence-corrected chi connectivity index (χ3v) is 5.79. The standard InChI is InChI=1S/C21H20OSe/c1-3-22-21(16(2)23-18-12-5-4-6-13-18)20-15-9-11-17-10-7-8-14-19(17)20/h4-15,21H,2-3H2,1H3. The summed E-state index contributed by atoms with van der Waals surface area (Å²) in [4.78, 5) is 0. The summed E-state index contributed by atoms with van der Waals surface area (Å²) in [6.45, 7) is 7.08. The first-order chi connectivity index (χ1) is 11.3. The summed E-state index contributed by atoms with van der Waals surface area (Å²) < 4.78 is 8.57. The second-order valence-corrected chi connectivity index (χ2v) is 7.80. The van der Waals surface area contributed by atoms with Gasteiger partial charge in [-0.3, -0.25) is 0 Å². The van der Waals surface area contributed by atoms with Crippen LogP contribution in [-0.2, 0) is 4.74 Å². The summed E-state index contributed by atoms with van der Waals surface area (Å²) in [6.07, 6.45) is -0.0497. The van der Waals surface area contributed by atoms with Crippen LogP contribution in [0.15, 0.2) is 83.8 Å². The van der Waals surface area contributed by atoms with Gasteiger partial charge in [0, 0.05) is 0 Å². The first-order valence-corrected chi connectivity index (χ1v) is 9.52. The van der Waals surface area contributed by atoms with Gasteiger partial charge >= 0.3 is 144 Å². The number of hydrogen-bond acceptors (Lipinski definition) is 1. The van der Waals surface area contributed by atoms with E-state index in [4.69, 9.17) is 4.74 Å². The monoisotopic (exact) mass is 368 g/mol. The van der Waals surface area contributed by atoms with E-state index in [9.17, 15) is 0 Å². The van der Waals surface area contributed by atoms with Crippen LogP contribution in [0.2, 0.25) is 0 Å². The topological polar surface area (TPSA) is 9.23 Å². The Morgan fingerprint density at radius 1 is 0.957 bits per heavy atom. The third-order valence-electron chi connectivity index (χ3n) is 3.72. The van der Waals surface area contributed by atoms with Crippen LogP contribution in [0, 0.1) is 0 Å². The first-order valence-electron chi connectivity index (χ1n) is 7.80. The molecular weight excluding hydrogens is 347 g/mol. The quantitative estimate of drug-likeness (QED) is 0.585. The number of rotatable bonds is 6. The van der Waals surface area contributed by atoms with E-state index in [2.05, 4.69) is 73.3 Å². The summed E-state index contributed by atoms with van der Waals surface area (Å²) in [5, 5.41) is 2.49. The van der Waals surface area contributed by atoms with E-state index in [0.717, 1.165) is 4.47 Å². The normalized spacial score (nSPS) is 12.2. The number of fused-ring (bicyclic) bond motifs is 1. The van der Waals surface area contributed by atoms with Crippen molar-refractivity contribution in [2.45, 2.75) is 13.0 Å². The molecule has 0 N–H and O–H groups in total. The molecular formula is C21H20OSe. The molecule has 116 valence electrons. The molecule has 0 radical (unpaired) electrons. The Hall–Kier alpha value is -1.86. The summed E-state index contributed by atoms with van der Waals surface area (Å²) in [5.74, 6) is 0. The van der Waals surface area contributed by atoms with Gasteiger partial charge in [-0.15, -0.1) is 0 Å². The fourth-order valence-corrected chi connectivity index (χ4v) is 4.58. The Labute approximate surface area is 144 Å². The molecule has 1 atom stereocenters. The Bertz CT molecular complexity index is 790. The van der Waals surface area contributed by atoms with Gasteiger partial charge in [0.25, 0.3) is 0 Å². The molecule has 0 saturated heterocycles. The number of ether oxygens (including phenoxy) is 1. The van der Waals surface area contributed by atoms with E-state index in [-0.39, 0.29) is 21.1 Å². The van der Waals surface area contributed by atoms with Gasteiger partial charge in [0.1, 0.15) is 0 Å². The third kappa shape index (κ3) is 3.73. The van der Waals surface area contributed by atoms with E-state index in [1.807, 2.05) is 13.0 Å². The summed E-state index contributed by atoms with van der Waals surface area (Å²) >= 11 is 0.193. The van der Waals surface area contributed by atoms with Gasteiger partial charge in [0.2, 0.25) is 0 Å². The molecule has 0 amide bonds. The van der Waals surface area contributed by atoms with Crippen LogP contribution >= 0.6 is 0 Å².